The second kappa shape index (κ2) is 5.78. The van der Waals surface area contributed by atoms with E-state index in [4.69, 9.17) is 4.42 Å². The number of aromatic nitrogens is 1. The van der Waals surface area contributed by atoms with Crippen molar-refractivity contribution in [2.75, 3.05) is 23.3 Å². The highest BCUT2D eigenvalue weighted by molar-refractivity contribution is 5.70. The summed E-state index contributed by atoms with van der Waals surface area (Å²) in [6.45, 7) is 2.98. The summed E-state index contributed by atoms with van der Waals surface area (Å²) in [5, 5.41) is 3.44. The molecule has 1 aliphatic heterocycles. The van der Waals surface area contributed by atoms with Crippen LogP contribution >= 0.6 is 0 Å². The fraction of sp³-hybridized carbons (Fsp3) is 0.400. The van der Waals surface area contributed by atoms with E-state index in [9.17, 15) is 0 Å². The number of piperidine rings is 1. The highest BCUT2D eigenvalue weighted by Crippen LogP contribution is 2.28. The molecule has 0 amide bonds. The number of anilines is 2. The molecule has 3 rings (SSSR count). The van der Waals surface area contributed by atoms with Gasteiger partial charge < -0.3 is 14.6 Å². The zero-order valence-corrected chi connectivity index (χ0v) is 11.0. The molecular weight excluding hydrogens is 238 g/mol. The van der Waals surface area contributed by atoms with Crippen molar-refractivity contribution in [3.63, 3.8) is 0 Å². The Bertz CT molecular complexity index is 504. The number of para-hydroxylation sites is 2. The summed E-state index contributed by atoms with van der Waals surface area (Å²) in [6.07, 6.45) is 7.14. The van der Waals surface area contributed by atoms with Gasteiger partial charge in [0.1, 0.15) is 5.76 Å². The van der Waals surface area contributed by atoms with E-state index in [2.05, 4.69) is 39.5 Å². The molecule has 0 radical (unpaired) electrons. The van der Waals surface area contributed by atoms with Crippen molar-refractivity contribution in [3.05, 3.63) is 42.6 Å². The predicted molar refractivity (Wildman–Crippen MR) is 76.3 cm³/mol. The first-order valence-corrected chi connectivity index (χ1v) is 6.89. The van der Waals surface area contributed by atoms with Gasteiger partial charge in [-0.25, -0.2) is 4.98 Å². The third kappa shape index (κ3) is 2.89. The molecule has 2 heterocycles. The SMILES string of the molecule is c1ccc(N2CCCCC2)c(NCc2cnco2)c1. The molecule has 4 nitrogen and oxygen atoms in total. The molecule has 1 aliphatic rings. The third-order valence-electron chi connectivity index (χ3n) is 3.54. The van der Waals surface area contributed by atoms with Gasteiger partial charge in [-0.2, -0.15) is 0 Å². The fourth-order valence-corrected chi connectivity index (χ4v) is 2.55. The van der Waals surface area contributed by atoms with Crippen LogP contribution in [0.4, 0.5) is 11.4 Å². The Kier molecular flexibility index (Phi) is 3.68. The molecule has 4 heteroatoms. The summed E-state index contributed by atoms with van der Waals surface area (Å²) >= 11 is 0. The van der Waals surface area contributed by atoms with Gasteiger partial charge in [0.15, 0.2) is 6.39 Å². The molecule has 0 atom stereocenters. The Morgan fingerprint density at radius 3 is 2.79 bits per heavy atom. The minimum atomic E-state index is 0.671. The summed E-state index contributed by atoms with van der Waals surface area (Å²) in [5.74, 6) is 0.855. The maximum atomic E-state index is 5.25. The van der Waals surface area contributed by atoms with E-state index in [1.54, 1.807) is 6.20 Å². The van der Waals surface area contributed by atoms with Crippen LogP contribution in [-0.4, -0.2) is 18.1 Å². The monoisotopic (exact) mass is 257 g/mol. The van der Waals surface area contributed by atoms with Crippen molar-refractivity contribution in [1.29, 1.82) is 0 Å². The Balaban J connectivity index is 1.73. The van der Waals surface area contributed by atoms with Crippen LogP contribution in [0.1, 0.15) is 25.0 Å². The largest absolute Gasteiger partial charge is 0.447 e. The quantitative estimate of drug-likeness (QED) is 0.912. The van der Waals surface area contributed by atoms with E-state index >= 15 is 0 Å². The van der Waals surface area contributed by atoms with Gasteiger partial charge in [0.05, 0.1) is 24.1 Å². The third-order valence-corrected chi connectivity index (χ3v) is 3.54. The van der Waals surface area contributed by atoms with Crippen LogP contribution in [0.25, 0.3) is 0 Å². The van der Waals surface area contributed by atoms with Crippen molar-refractivity contribution in [1.82, 2.24) is 4.98 Å². The Morgan fingerprint density at radius 1 is 1.16 bits per heavy atom. The zero-order chi connectivity index (χ0) is 12.9. The van der Waals surface area contributed by atoms with Crippen molar-refractivity contribution in [2.24, 2.45) is 0 Å². The first kappa shape index (κ1) is 12.1. The minimum Gasteiger partial charge on any atom is -0.447 e. The Hall–Kier alpha value is -1.97. The van der Waals surface area contributed by atoms with E-state index in [0.29, 0.717) is 6.54 Å². The normalized spacial score (nSPS) is 15.5. The molecule has 0 saturated carbocycles. The summed E-state index contributed by atoms with van der Waals surface area (Å²) in [6, 6.07) is 8.48. The lowest BCUT2D eigenvalue weighted by molar-refractivity contribution is 0.511. The lowest BCUT2D eigenvalue weighted by Gasteiger charge is -2.30. The number of nitrogens with zero attached hydrogens (tertiary/aromatic N) is 2. The standard InChI is InChI=1S/C15H19N3O/c1-4-8-18(9-5-1)15-7-3-2-6-14(15)17-11-13-10-16-12-19-13/h2-3,6-7,10,12,17H,1,4-5,8-9,11H2. The van der Waals surface area contributed by atoms with Crippen LogP contribution in [-0.2, 0) is 6.54 Å². The first-order valence-electron chi connectivity index (χ1n) is 6.89. The molecule has 1 fully saturated rings. The van der Waals surface area contributed by atoms with E-state index < -0.39 is 0 Å². The molecule has 1 N–H and O–H groups in total. The molecule has 0 aliphatic carbocycles. The molecular formula is C15H19N3O. The molecule has 0 unspecified atom stereocenters. The van der Waals surface area contributed by atoms with Crippen LogP contribution in [0.5, 0.6) is 0 Å². The van der Waals surface area contributed by atoms with Gasteiger partial charge in [0, 0.05) is 13.1 Å². The van der Waals surface area contributed by atoms with Crippen molar-refractivity contribution in [2.45, 2.75) is 25.8 Å². The van der Waals surface area contributed by atoms with Crippen molar-refractivity contribution in [3.8, 4) is 0 Å². The molecule has 100 valence electrons. The maximum Gasteiger partial charge on any atom is 0.180 e. The first-order chi connectivity index (χ1) is 9.43. The van der Waals surface area contributed by atoms with Gasteiger partial charge in [-0.15, -0.1) is 0 Å². The Morgan fingerprint density at radius 2 is 2.00 bits per heavy atom. The lowest BCUT2D eigenvalue weighted by Crippen LogP contribution is -2.30. The average Bonchev–Trinajstić information content (AvgIpc) is 3.00. The molecule has 0 spiro atoms. The molecule has 1 aromatic carbocycles. The van der Waals surface area contributed by atoms with Gasteiger partial charge in [-0.3, -0.25) is 0 Å². The van der Waals surface area contributed by atoms with Crippen molar-refractivity contribution >= 4 is 11.4 Å². The summed E-state index contributed by atoms with van der Waals surface area (Å²) in [5.41, 5.74) is 2.46. The zero-order valence-electron chi connectivity index (χ0n) is 11.0. The summed E-state index contributed by atoms with van der Waals surface area (Å²) < 4.78 is 5.25. The average molecular weight is 257 g/mol. The van der Waals surface area contributed by atoms with Gasteiger partial charge in [0.2, 0.25) is 0 Å². The number of rotatable bonds is 4. The molecule has 1 saturated heterocycles. The predicted octanol–water partition coefficient (Wildman–Crippen LogP) is 3.28. The number of oxazole rings is 1. The molecule has 1 aromatic heterocycles. The molecule has 2 aromatic rings. The van der Waals surface area contributed by atoms with Gasteiger partial charge in [0.25, 0.3) is 0 Å². The molecule has 0 bridgehead atoms. The topological polar surface area (TPSA) is 41.3 Å². The number of nitrogens with one attached hydrogen (secondary N) is 1. The van der Waals surface area contributed by atoms with Crippen molar-refractivity contribution < 1.29 is 4.42 Å². The van der Waals surface area contributed by atoms with Crippen LogP contribution in [0, 0.1) is 0 Å². The summed E-state index contributed by atoms with van der Waals surface area (Å²) in [7, 11) is 0. The fourth-order valence-electron chi connectivity index (χ4n) is 2.55. The second-order valence-electron chi connectivity index (χ2n) is 4.89. The lowest BCUT2D eigenvalue weighted by atomic mass is 10.1. The highest BCUT2D eigenvalue weighted by Gasteiger charge is 2.13. The summed E-state index contributed by atoms with van der Waals surface area (Å²) in [4.78, 5) is 6.39. The number of benzene rings is 1. The highest BCUT2D eigenvalue weighted by atomic mass is 16.3. The minimum absolute atomic E-state index is 0.671. The van der Waals surface area contributed by atoms with Gasteiger partial charge >= 0.3 is 0 Å². The van der Waals surface area contributed by atoms with Crippen LogP contribution < -0.4 is 10.2 Å². The number of hydrogen-bond acceptors (Lipinski definition) is 4. The van der Waals surface area contributed by atoms with Gasteiger partial charge in [-0.05, 0) is 31.4 Å². The number of hydrogen-bond donors (Lipinski definition) is 1. The van der Waals surface area contributed by atoms with E-state index in [1.807, 2.05) is 0 Å². The van der Waals surface area contributed by atoms with E-state index in [-0.39, 0.29) is 0 Å². The Labute approximate surface area is 113 Å². The van der Waals surface area contributed by atoms with E-state index in [0.717, 1.165) is 18.8 Å². The smallest absolute Gasteiger partial charge is 0.180 e. The van der Waals surface area contributed by atoms with Crippen LogP contribution in [0.3, 0.4) is 0 Å². The van der Waals surface area contributed by atoms with Gasteiger partial charge in [-0.1, -0.05) is 12.1 Å². The second-order valence-corrected chi connectivity index (χ2v) is 4.89. The maximum absolute atomic E-state index is 5.25. The molecule has 19 heavy (non-hydrogen) atoms. The van der Waals surface area contributed by atoms with Crippen LogP contribution in [0.2, 0.25) is 0 Å². The van der Waals surface area contributed by atoms with Crippen LogP contribution in [0.15, 0.2) is 41.3 Å². The van der Waals surface area contributed by atoms with E-state index in [1.165, 1.54) is 37.0 Å².